The summed E-state index contributed by atoms with van der Waals surface area (Å²) in [5.74, 6) is -0.102. The Hall–Kier alpha value is -3.93. The van der Waals surface area contributed by atoms with Gasteiger partial charge in [0.25, 0.3) is 5.91 Å². The molecule has 1 heterocycles. The van der Waals surface area contributed by atoms with Crippen molar-refractivity contribution in [2.75, 3.05) is 0 Å². The van der Waals surface area contributed by atoms with Crippen LogP contribution < -0.4 is 5.32 Å². The van der Waals surface area contributed by atoms with E-state index in [1.165, 1.54) is 12.8 Å². The number of amides is 1. The molecule has 1 aromatic heterocycles. The average molecular weight is 538 g/mol. The molecule has 0 unspecified atom stereocenters. The molecule has 0 bridgehead atoms. The molecule has 5 rings (SSSR count). The monoisotopic (exact) mass is 537 g/mol. The molecule has 0 aliphatic heterocycles. The lowest BCUT2D eigenvalue weighted by Gasteiger charge is -2.20. The lowest BCUT2D eigenvalue weighted by Crippen LogP contribution is -2.32. The van der Waals surface area contributed by atoms with Gasteiger partial charge in [-0.2, -0.15) is 5.10 Å². The molecule has 1 N–H and O–H groups in total. The van der Waals surface area contributed by atoms with Crippen molar-refractivity contribution in [1.82, 2.24) is 15.1 Å². The molecule has 1 aliphatic rings. The summed E-state index contributed by atoms with van der Waals surface area (Å²) in [6.07, 6.45) is 4.50. The van der Waals surface area contributed by atoms with E-state index in [2.05, 4.69) is 31.3 Å². The average Bonchev–Trinajstić information content (AvgIpc) is 3.56. The number of rotatable bonds is 7. The van der Waals surface area contributed by atoms with Crippen LogP contribution >= 0.6 is 0 Å². The predicted octanol–water partition coefficient (Wildman–Crippen LogP) is 7.50. The smallest absolute Gasteiger partial charge is 0.339 e. The van der Waals surface area contributed by atoms with Gasteiger partial charge in [0.15, 0.2) is 0 Å². The summed E-state index contributed by atoms with van der Waals surface area (Å²) in [5.41, 5.74) is 5.59. The highest BCUT2D eigenvalue weighted by molar-refractivity contribution is 5.99. The zero-order chi connectivity index (χ0) is 28.4. The van der Waals surface area contributed by atoms with Gasteiger partial charge in [-0.25, -0.2) is 4.79 Å². The van der Waals surface area contributed by atoms with Gasteiger partial charge in [0, 0.05) is 17.0 Å². The third kappa shape index (κ3) is 6.11. The maximum Gasteiger partial charge on any atom is 0.339 e. The van der Waals surface area contributed by atoms with E-state index < -0.39 is 5.60 Å². The first-order valence-corrected chi connectivity index (χ1v) is 14.3. The first-order valence-electron chi connectivity index (χ1n) is 14.3. The number of nitrogens with one attached hydrogen (secondary N) is 1. The molecule has 4 aromatic rings. The highest BCUT2D eigenvalue weighted by Crippen LogP contribution is 2.29. The van der Waals surface area contributed by atoms with E-state index in [1.807, 2.05) is 80.1 Å². The fraction of sp³-hybridized carbons (Fsp3) is 0.382. The van der Waals surface area contributed by atoms with Crippen LogP contribution in [0.1, 0.15) is 98.2 Å². The van der Waals surface area contributed by atoms with Crippen LogP contribution in [0.3, 0.4) is 0 Å². The lowest BCUT2D eigenvalue weighted by atomic mass is 9.98. The van der Waals surface area contributed by atoms with Gasteiger partial charge < -0.3 is 10.1 Å². The highest BCUT2D eigenvalue weighted by atomic mass is 16.6. The van der Waals surface area contributed by atoms with Crippen LogP contribution in [0.4, 0.5) is 0 Å². The number of ether oxygens (including phenoxy) is 1. The van der Waals surface area contributed by atoms with Crippen LogP contribution in [0.5, 0.6) is 0 Å². The largest absolute Gasteiger partial charge is 0.456 e. The van der Waals surface area contributed by atoms with Gasteiger partial charge in [-0.05, 0) is 80.5 Å². The third-order valence-corrected chi connectivity index (χ3v) is 7.42. The number of hydrogen-bond donors (Lipinski definition) is 1. The Bertz CT molecular complexity index is 1520. The summed E-state index contributed by atoms with van der Waals surface area (Å²) in [5, 5.41) is 9.19. The van der Waals surface area contributed by atoms with Gasteiger partial charge in [-0.3, -0.25) is 9.48 Å². The van der Waals surface area contributed by atoms with E-state index in [0.717, 1.165) is 46.1 Å². The number of nitrogens with zero attached hydrogens (tertiary/aromatic N) is 2. The van der Waals surface area contributed by atoms with E-state index in [9.17, 15) is 9.59 Å². The van der Waals surface area contributed by atoms with E-state index >= 15 is 0 Å². The van der Waals surface area contributed by atoms with Gasteiger partial charge >= 0.3 is 5.97 Å². The van der Waals surface area contributed by atoms with Gasteiger partial charge in [-0.15, -0.1) is 0 Å². The lowest BCUT2D eigenvalue weighted by molar-refractivity contribution is 0.00703. The second-order valence-corrected chi connectivity index (χ2v) is 12.1. The summed E-state index contributed by atoms with van der Waals surface area (Å²) in [4.78, 5) is 25.8. The molecule has 6 heteroatoms. The molecule has 40 heavy (non-hydrogen) atoms. The third-order valence-electron chi connectivity index (χ3n) is 7.42. The van der Waals surface area contributed by atoms with Crippen molar-refractivity contribution >= 4 is 22.8 Å². The van der Waals surface area contributed by atoms with E-state index in [-0.39, 0.29) is 23.8 Å². The minimum Gasteiger partial charge on any atom is -0.456 e. The van der Waals surface area contributed by atoms with Crippen molar-refractivity contribution in [3.63, 3.8) is 0 Å². The Morgan fingerprint density at radius 2 is 1.70 bits per heavy atom. The molecular weight excluding hydrogens is 498 g/mol. The van der Waals surface area contributed by atoms with Crippen molar-refractivity contribution in [3.8, 4) is 11.1 Å². The molecule has 1 saturated carbocycles. The van der Waals surface area contributed by atoms with Crippen molar-refractivity contribution in [1.29, 1.82) is 0 Å². The fourth-order valence-electron chi connectivity index (χ4n) is 5.44. The van der Waals surface area contributed by atoms with Crippen molar-refractivity contribution in [2.45, 2.75) is 84.4 Å². The first-order chi connectivity index (χ1) is 19.1. The second-order valence-electron chi connectivity index (χ2n) is 12.1. The number of esters is 1. The number of aromatic nitrogens is 2. The van der Waals surface area contributed by atoms with Crippen LogP contribution in [0.2, 0.25) is 0 Å². The molecule has 6 nitrogen and oxygen atoms in total. The Labute approximate surface area is 236 Å². The zero-order valence-corrected chi connectivity index (χ0v) is 24.2. The Morgan fingerprint density at radius 1 is 1.00 bits per heavy atom. The molecule has 0 atom stereocenters. The number of hydrogen-bond acceptors (Lipinski definition) is 4. The summed E-state index contributed by atoms with van der Waals surface area (Å²) < 4.78 is 7.65. The maximum atomic E-state index is 12.9. The topological polar surface area (TPSA) is 73.2 Å². The zero-order valence-electron chi connectivity index (χ0n) is 24.2. The van der Waals surface area contributed by atoms with Crippen LogP contribution in [0, 0.1) is 0 Å². The number of fused-ring (bicyclic) bond motifs is 1. The number of benzene rings is 3. The van der Waals surface area contributed by atoms with Crippen molar-refractivity contribution in [3.05, 3.63) is 89.1 Å². The molecular formula is C34H39N3O3. The molecule has 1 aliphatic carbocycles. The quantitative estimate of drug-likeness (QED) is 0.248. The minimum absolute atomic E-state index is 0.00138. The van der Waals surface area contributed by atoms with Crippen molar-refractivity contribution < 1.29 is 14.3 Å². The second kappa shape index (κ2) is 11.3. The van der Waals surface area contributed by atoms with Crippen molar-refractivity contribution in [2.24, 2.45) is 0 Å². The predicted molar refractivity (Wildman–Crippen MR) is 160 cm³/mol. The number of carbonyl (C=O) groups is 2. The molecule has 1 amide bonds. The first kappa shape index (κ1) is 27.6. The van der Waals surface area contributed by atoms with E-state index in [1.54, 1.807) is 0 Å². The van der Waals surface area contributed by atoms with Crippen LogP contribution in [0.15, 0.2) is 66.7 Å². The normalized spacial score (nSPS) is 14.2. The van der Waals surface area contributed by atoms with E-state index in [0.29, 0.717) is 17.7 Å². The molecule has 0 radical (unpaired) electrons. The molecule has 0 spiro atoms. The highest BCUT2D eigenvalue weighted by Gasteiger charge is 2.22. The van der Waals surface area contributed by atoms with Crippen LogP contribution in [-0.2, 0) is 11.3 Å². The van der Waals surface area contributed by atoms with Crippen LogP contribution in [0.25, 0.3) is 22.0 Å². The van der Waals surface area contributed by atoms with Crippen LogP contribution in [-0.4, -0.2) is 33.3 Å². The molecule has 208 valence electrons. The minimum atomic E-state index is -0.560. The van der Waals surface area contributed by atoms with Gasteiger partial charge in [-0.1, -0.05) is 69.2 Å². The molecule has 0 saturated heterocycles. The summed E-state index contributed by atoms with van der Waals surface area (Å²) in [6, 6.07) is 22.0. The Kier molecular flexibility index (Phi) is 7.79. The fourth-order valence-corrected chi connectivity index (χ4v) is 5.44. The summed E-state index contributed by atoms with van der Waals surface area (Å²) >= 11 is 0. The van der Waals surface area contributed by atoms with Gasteiger partial charge in [0.2, 0.25) is 0 Å². The van der Waals surface area contributed by atoms with Gasteiger partial charge in [0.05, 0.1) is 23.3 Å². The Morgan fingerprint density at radius 3 is 2.38 bits per heavy atom. The molecule has 3 aromatic carbocycles. The van der Waals surface area contributed by atoms with Gasteiger partial charge in [0.1, 0.15) is 5.60 Å². The summed E-state index contributed by atoms with van der Waals surface area (Å²) in [6.45, 7) is 10.5. The maximum absolute atomic E-state index is 12.9. The van der Waals surface area contributed by atoms with E-state index in [4.69, 9.17) is 9.84 Å². The SMILES string of the molecule is CC(C)c1nn(Cc2ccc(-c3ccccc3C(=O)OC(C)(C)C)cc2)c2ccc(C(=O)NC3CCCC3)cc12. The Balaban J connectivity index is 1.39. The summed E-state index contributed by atoms with van der Waals surface area (Å²) in [7, 11) is 0. The molecule has 1 fully saturated rings. The standard InChI is InChI=1S/C34H39N3O3/c1-22(2)31-29-20-25(32(38)35-26-10-6-7-11-26)18-19-30(29)37(36-31)21-23-14-16-24(17-15-23)27-12-8-9-13-28(27)33(39)40-34(3,4)5/h8-9,12-20,22,26H,6-7,10-11,21H2,1-5H3,(H,35,38). The number of carbonyl (C=O) groups excluding carboxylic acids is 2.